The Morgan fingerprint density at radius 1 is 1.42 bits per heavy atom. The molecule has 2 amide bonds. The first kappa shape index (κ1) is 14.1. The molecule has 0 radical (unpaired) electrons. The molecule has 2 fully saturated rings. The summed E-state index contributed by atoms with van der Waals surface area (Å²) in [5, 5.41) is 11.8. The van der Waals surface area contributed by atoms with E-state index in [1.807, 2.05) is 7.05 Å². The number of urea groups is 1. The van der Waals surface area contributed by atoms with Gasteiger partial charge in [-0.25, -0.2) is 9.59 Å². The van der Waals surface area contributed by atoms with Crippen molar-refractivity contribution in [2.75, 3.05) is 39.8 Å². The van der Waals surface area contributed by atoms with Gasteiger partial charge in [-0.2, -0.15) is 0 Å². The summed E-state index contributed by atoms with van der Waals surface area (Å²) >= 11 is 0. The van der Waals surface area contributed by atoms with Crippen molar-refractivity contribution in [3.8, 4) is 0 Å². The second-order valence-corrected chi connectivity index (χ2v) is 5.13. The van der Waals surface area contributed by atoms with Gasteiger partial charge in [0, 0.05) is 26.2 Å². The fourth-order valence-corrected chi connectivity index (χ4v) is 2.56. The standard InChI is InChI=1S/C12H21N3O4/c1-14-5-6-19-9(8-14)7-13-12(18)15-4-2-3-10(15)11(16)17/h9-10H,2-8H2,1H3,(H,13,18)(H,16,17)/t9?,10-/m1/s1. The summed E-state index contributed by atoms with van der Waals surface area (Å²) in [6.07, 6.45) is 1.26. The Hall–Kier alpha value is -1.34. The van der Waals surface area contributed by atoms with Crippen LogP contribution in [0.2, 0.25) is 0 Å². The SMILES string of the molecule is CN1CCOC(CNC(=O)N2CCC[C@@H]2C(=O)O)C1. The van der Waals surface area contributed by atoms with Crippen LogP contribution in [0.15, 0.2) is 0 Å². The minimum absolute atomic E-state index is 0.0198. The first-order valence-corrected chi connectivity index (χ1v) is 6.65. The van der Waals surface area contributed by atoms with E-state index in [1.54, 1.807) is 0 Å². The average molecular weight is 271 g/mol. The number of morpholine rings is 1. The van der Waals surface area contributed by atoms with Crippen molar-refractivity contribution in [1.29, 1.82) is 0 Å². The minimum atomic E-state index is -0.929. The maximum atomic E-state index is 12.0. The molecule has 19 heavy (non-hydrogen) atoms. The molecule has 2 atom stereocenters. The van der Waals surface area contributed by atoms with Gasteiger partial charge in [-0.3, -0.25) is 0 Å². The first-order valence-electron chi connectivity index (χ1n) is 6.65. The van der Waals surface area contributed by atoms with Crippen molar-refractivity contribution in [3.63, 3.8) is 0 Å². The first-order chi connectivity index (χ1) is 9.08. The zero-order chi connectivity index (χ0) is 13.8. The predicted molar refractivity (Wildman–Crippen MR) is 68.0 cm³/mol. The van der Waals surface area contributed by atoms with Crippen LogP contribution in [0.4, 0.5) is 4.79 Å². The number of nitrogens with one attached hydrogen (secondary N) is 1. The van der Waals surface area contributed by atoms with Crippen LogP contribution in [-0.4, -0.2) is 78.9 Å². The van der Waals surface area contributed by atoms with Crippen LogP contribution >= 0.6 is 0 Å². The maximum Gasteiger partial charge on any atom is 0.326 e. The number of likely N-dealkylation sites (N-methyl/N-ethyl adjacent to an activating group) is 1. The van der Waals surface area contributed by atoms with Gasteiger partial charge in [-0.05, 0) is 19.9 Å². The lowest BCUT2D eigenvalue weighted by atomic mass is 10.2. The number of carbonyl (C=O) groups is 2. The Labute approximate surface area is 112 Å². The molecule has 0 aromatic heterocycles. The van der Waals surface area contributed by atoms with Gasteiger partial charge < -0.3 is 25.0 Å². The molecule has 2 aliphatic rings. The highest BCUT2D eigenvalue weighted by Crippen LogP contribution is 2.17. The summed E-state index contributed by atoms with van der Waals surface area (Å²) < 4.78 is 5.54. The van der Waals surface area contributed by atoms with Gasteiger partial charge in [0.15, 0.2) is 0 Å². The van der Waals surface area contributed by atoms with Crippen molar-refractivity contribution in [2.45, 2.75) is 25.0 Å². The summed E-state index contributed by atoms with van der Waals surface area (Å²) in [6.45, 7) is 3.28. The Bertz CT molecular complexity index is 350. The third kappa shape index (κ3) is 3.57. The van der Waals surface area contributed by atoms with E-state index in [-0.39, 0.29) is 12.1 Å². The van der Waals surface area contributed by atoms with Crippen molar-refractivity contribution >= 4 is 12.0 Å². The summed E-state index contributed by atoms with van der Waals surface area (Å²) in [7, 11) is 2.01. The zero-order valence-electron chi connectivity index (χ0n) is 11.2. The number of hydrogen-bond donors (Lipinski definition) is 2. The topological polar surface area (TPSA) is 82.1 Å². The number of carboxylic acid groups (broad SMARTS) is 1. The maximum absolute atomic E-state index is 12.0. The fourth-order valence-electron chi connectivity index (χ4n) is 2.56. The monoisotopic (exact) mass is 271 g/mol. The lowest BCUT2D eigenvalue weighted by Crippen LogP contribution is -2.50. The molecule has 0 aromatic rings. The molecule has 0 saturated carbocycles. The number of nitrogens with zero attached hydrogens (tertiary/aromatic N) is 2. The van der Waals surface area contributed by atoms with Crippen LogP contribution in [0, 0.1) is 0 Å². The summed E-state index contributed by atoms with van der Waals surface area (Å²) in [5.41, 5.74) is 0. The lowest BCUT2D eigenvalue weighted by Gasteiger charge is -2.31. The number of likely N-dealkylation sites (tertiary alicyclic amines) is 1. The van der Waals surface area contributed by atoms with Crippen LogP contribution in [0.3, 0.4) is 0 Å². The number of hydrogen-bond acceptors (Lipinski definition) is 4. The van der Waals surface area contributed by atoms with E-state index in [0.717, 1.165) is 19.5 Å². The number of rotatable bonds is 3. The Morgan fingerprint density at radius 3 is 2.89 bits per heavy atom. The van der Waals surface area contributed by atoms with Gasteiger partial charge in [0.2, 0.25) is 0 Å². The quantitative estimate of drug-likeness (QED) is 0.728. The summed E-state index contributed by atoms with van der Waals surface area (Å²) in [6, 6.07) is -0.989. The van der Waals surface area contributed by atoms with E-state index in [1.165, 1.54) is 4.90 Å². The van der Waals surface area contributed by atoms with E-state index in [0.29, 0.717) is 26.1 Å². The molecule has 7 nitrogen and oxygen atoms in total. The lowest BCUT2D eigenvalue weighted by molar-refractivity contribution is -0.141. The van der Waals surface area contributed by atoms with Crippen molar-refractivity contribution in [2.24, 2.45) is 0 Å². The largest absolute Gasteiger partial charge is 0.480 e. The van der Waals surface area contributed by atoms with Gasteiger partial charge in [-0.15, -0.1) is 0 Å². The summed E-state index contributed by atoms with van der Waals surface area (Å²) in [5.74, 6) is -0.929. The molecular weight excluding hydrogens is 250 g/mol. The van der Waals surface area contributed by atoms with Crippen molar-refractivity contribution in [1.82, 2.24) is 15.1 Å². The van der Waals surface area contributed by atoms with Crippen LogP contribution in [0.1, 0.15) is 12.8 Å². The third-order valence-corrected chi connectivity index (χ3v) is 3.62. The molecular formula is C12H21N3O4. The number of carbonyl (C=O) groups excluding carboxylic acids is 1. The van der Waals surface area contributed by atoms with Crippen LogP contribution in [0.5, 0.6) is 0 Å². The normalized spacial score (nSPS) is 28.4. The van der Waals surface area contributed by atoms with Gasteiger partial charge in [0.1, 0.15) is 6.04 Å². The average Bonchev–Trinajstić information content (AvgIpc) is 2.85. The Kier molecular flexibility index (Phi) is 4.60. The van der Waals surface area contributed by atoms with E-state index in [9.17, 15) is 9.59 Å². The van der Waals surface area contributed by atoms with E-state index < -0.39 is 12.0 Å². The third-order valence-electron chi connectivity index (χ3n) is 3.62. The van der Waals surface area contributed by atoms with Crippen molar-refractivity contribution in [3.05, 3.63) is 0 Å². The molecule has 0 aromatic carbocycles. The van der Waals surface area contributed by atoms with E-state index in [4.69, 9.17) is 9.84 Å². The molecule has 0 bridgehead atoms. The molecule has 2 aliphatic heterocycles. The van der Waals surface area contributed by atoms with Crippen LogP contribution in [0.25, 0.3) is 0 Å². The molecule has 0 aliphatic carbocycles. The Morgan fingerprint density at radius 2 is 2.21 bits per heavy atom. The molecule has 108 valence electrons. The molecule has 2 heterocycles. The number of carboxylic acids is 1. The highest BCUT2D eigenvalue weighted by atomic mass is 16.5. The van der Waals surface area contributed by atoms with Crippen LogP contribution < -0.4 is 5.32 Å². The highest BCUT2D eigenvalue weighted by Gasteiger charge is 2.34. The second kappa shape index (κ2) is 6.21. The predicted octanol–water partition coefficient (Wildman–Crippen LogP) is -0.424. The minimum Gasteiger partial charge on any atom is -0.480 e. The fraction of sp³-hybridized carbons (Fsp3) is 0.833. The van der Waals surface area contributed by atoms with Gasteiger partial charge in [0.05, 0.1) is 12.7 Å². The second-order valence-electron chi connectivity index (χ2n) is 5.13. The zero-order valence-corrected chi connectivity index (χ0v) is 11.2. The molecule has 1 unspecified atom stereocenters. The van der Waals surface area contributed by atoms with Crippen molar-refractivity contribution < 1.29 is 19.4 Å². The molecule has 2 saturated heterocycles. The summed E-state index contributed by atoms with van der Waals surface area (Å²) in [4.78, 5) is 26.5. The van der Waals surface area contributed by atoms with E-state index >= 15 is 0 Å². The molecule has 0 spiro atoms. The van der Waals surface area contributed by atoms with E-state index in [2.05, 4.69) is 10.2 Å². The van der Waals surface area contributed by atoms with Gasteiger partial charge in [-0.1, -0.05) is 0 Å². The number of ether oxygens (including phenoxy) is 1. The van der Waals surface area contributed by atoms with Gasteiger partial charge >= 0.3 is 12.0 Å². The van der Waals surface area contributed by atoms with Crippen LogP contribution in [-0.2, 0) is 9.53 Å². The highest BCUT2D eigenvalue weighted by molar-refractivity contribution is 5.83. The molecule has 2 rings (SSSR count). The molecule has 2 N–H and O–H groups in total. The number of aliphatic carboxylic acids is 1. The molecule has 7 heteroatoms. The number of amides is 2. The Balaban J connectivity index is 1.79. The smallest absolute Gasteiger partial charge is 0.326 e. The van der Waals surface area contributed by atoms with Gasteiger partial charge in [0.25, 0.3) is 0 Å².